The number of likely N-dealkylation sites (tertiary alicyclic amines) is 1. The first-order chi connectivity index (χ1) is 10.3. The van der Waals surface area contributed by atoms with Gasteiger partial charge in [-0.15, -0.1) is 0 Å². The Labute approximate surface area is 153 Å². The number of carbonyl (C=O) groups is 4. The van der Waals surface area contributed by atoms with Crippen molar-refractivity contribution in [2.75, 3.05) is 13.2 Å². The molecule has 0 unspecified atom stereocenters. The molecule has 0 radical (unpaired) electrons. The van der Waals surface area contributed by atoms with Gasteiger partial charge in [-0.05, 0) is 0 Å². The largest absolute Gasteiger partial charge is 1.00 e. The van der Waals surface area contributed by atoms with Gasteiger partial charge in [-0.1, -0.05) is 0 Å². The van der Waals surface area contributed by atoms with Crippen LogP contribution in [0.5, 0.6) is 0 Å². The van der Waals surface area contributed by atoms with E-state index in [-0.39, 0.29) is 54.9 Å². The van der Waals surface area contributed by atoms with Gasteiger partial charge in [-0.25, -0.2) is 9.59 Å². The molecule has 0 aliphatic carbocycles. The van der Waals surface area contributed by atoms with Gasteiger partial charge in [0.1, 0.15) is 18.2 Å². The van der Waals surface area contributed by atoms with E-state index >= 15 is 0 Å². The molecule has 0 aromatic rings. The number of carboxylic acids is 1. The van der Waals surface area contributed by atoms with Crippen LogP contribution in [0.15, 0.2) is 11.5 Å². The zero-order valence-electron chi connectivity index (χ0n) is 13.5. The zero-order chi connectivity index (χ0) is 16.2. The molecular weight excluding hydrogens is 321 g/mol. The molecule has 0 saturated carbocycles. The van der Waals surface area contributed by atoms with Gasteiger partial charge in [0.05, 0.1) is 6.54 Å². The van der Waals surface area contributed by atoms with Crippen LogP contribution in [0.2, 0.25) is 0 Å². The second kappa shape index (κ2) is 6.02. The van der Waals surface area contributed by atoms with E-state index in [9.17, 15) is 24.3 Å². The Morgan fingerprint density at radius 3 is 2.65 bits per heavy atom. The molecule has 11 heteroatoms. The molecule has 2 fully saturated rings. The molecule has 0 aromatic carbocycles. The number of amides is 3. The Kier molecular flexibility index (Phi) is 4.60. The van der Waals surface area contributed by atoms with Crippen LogP contribution in [0.25, 0.3) is 0 Å². The Morgan fingerprint density at radius 1 is 1.48 bits per heavy atom. The van der Waals surface area contributed by atoms with Crippen molar-refractivity contribution in [3.8, 4) is 0 Å². The van der Waals surface area contributed by atoms with Crippen molar-refractivity contribution in [3.05, 3.63) is 11.5 Å². The predicted octanol–water partition coefficient (Wildman–Crippen LogP) is -4.67. The van der Waals surface area contributed by atoms with Crippen LogP contribution in [0, 0.1) is 0 Å². The number of hydrogen-bond donors (Lipinski definition) is 2. The van der Waals surface area contributed by atoms with Crippen LogP contribution in [-0.4, -0.2) is 70.1 Å². The molecule has 3 N–H and O–H groups in total. The number of β-lactam (4-membered cyclic amide) rings is 1. The molecule has 23 heavy (non-hydrogen) atoms. The fourth-order valence-electron chi connectivity index (χ4n) is 3.12. The van der Waals surface area contributed by atoms with Gasteiger partial charge in [0.25, 0.3) is 5.91 Å². The van der Waals surface area contributed by atoms with Crippen LogP contribution in [-0.2, 0) is 23.9 Å². The number of ether oxygens (including phenoxy) is 2. The average Bonchev–Trinajstić information content (AvgIpc) is 2.79. The summed E-state index contributed by atoms with van der Waals surface area (Å²) in [6, 6.07) is -1.23. The molecule has 0 spiro atoms. The minimum Gasteiger partial charge on any atom is -1.00 e. The molecule has 3 aliphatic heterocycles. The van der Waals surface area contributed by atoms with Gasteiger partial charge < -0.3 is 26.6 Å². The maximum absolute atomic E-state index is 12.2. The summed E-state index contributed by atoms with van der Waals surface area (Å²) >= 11 is 0. The van der Waals surface area contributed by atoms with Gasteiger partial charge in [-0.2, -0.15) is 0 Å². The fourth-order valence-corrected chi connectivity index (χ4v) is 3.12. The number of hydrogen-bond acceptors (Lipinski definition) is 6. The van der Waals surface area contributed by atoms with E-state index in [1.54, 1.807) is 0 Å². The summed E-state index contributed by atoms with van der Waals surface area (Å²) in [6.45, 7) is 1.00. The topological polar surface area (TPSA) is 139 Å². The van der Waals surface area contributed by atoms with E-state index < -0.39 is 42.8 Å². The summed E-state index contributed by atoms with van der Waals surface area (Å²) in [6.07, 6.45) is -1.64. The molecule has 0 aromatic heterocycles. The molecule has 3 rings (SSSR count). The maximum Gasteiger partial charge on any atom is 1.00 e. The Hall–Kier alpha value is -1.78. The van der Waals surface area contributed by atoms with Crippen molar-refractivity contribution < 1.29 is 64.7 Å². The first-order valence-corrected chi connectivity index (χ1v) is 6.48. The number of nitrogens with two attached hydrogens (primary N) is 1. The second-order valence-electron chi connectivity index (χ2n) is 5.16. The van der Waals surface area contributed by atoms with Crippen molar-refractivity contribution >= 4 is 23.9 Å². The Bertz CT molecular complexity index is 640. The third-order valence-electron chi connectivity index (χ3n) is 3.96. The van der Waals surface area contributed by atoms with Crippen molar-refractivity contribution in [2.24, 2.45) is 5.73 Å². The summed E-state index contributed by atoms with van der Waals surface area (Å²) < 4.78 is 10.1. The first kappa shape index (κ1) is 17.6. The summed E-state index contributed by atoms with van der Waals surface area (Å²) in [5, 5.41) is 9.30. The second-order valence-corrected chi connectivity index (χ2v) is 5.16. The monoisotopic (exact) mass is 335 g/mol. The number of rotatable bonds is 3. The van der Waals surface area contributed by atoms with E-state index in [1.807, 2.05) is 0 Å². The maximum atomic E-state index is 12.2. The van der Waals surface area contributed by atoms with Gasteiger partial charge in [0.15, 0.2) is 18.1 Å². The van der Waals surface area contributed by atoms with Gasteiger partial charge >= 0.3 is 41.6 Å². The summed E-state index contributed by atoms with van der Waals surface area (Å²) in [7, 11) is 0. The normalized spacial score (nSPS) is 27.5. The van der Waals surface area contributed by atoms with E-state index in [4.69, 9.17) is 10.5 Å². The number of aliphatic carboxylic acids is 1. The SMILES string of the molecule is CC(=O)N1C[C@H]2OC(COC(N)=O)=C(C(=O)O)N3C(=O)[C@@H]1[C@@H]23.[H-].[Na+]. The van der Waals surface area contributed by atoms with Gasteiger partial charge in [0, 0.05) is 6.92 Å². The average molecular weight is 335 g/mol. The van der Waals surface area contributed by atoms with Crippen molar-refractivity contribution in [2.45, 2.75) is 25.1 Å². The van der Waals surface area contributed by atoms with Crippen molar-refractivity contribution in [1.29, 1.82) is 0 Å². The van der Waals surface area contributed by atoms with Crippen LogP contribution in [0.3, 0.4) is 0 Å². The molecular formula is C12H14N3NaO7. The quantitative estimate of drug-likeness (QED) is 0.390. The Morgan fingerprint density at radius 2 is 2.13 bits per heavy atom. The Balaban J connectivity index is 0.00000144. The summed E-state index contributed by atoms with van der Waals surface area (Å²) in [5.74, 6) is -2.32. The van der Waals surface area contributed by atoms with Crippen LogP contribution < -0.4 is 35.3 Å². The predicted molar refractivity (Wildman–Crippen MR) is 68.0 cm³/mol. The van der Waals surface area contributed by atoms with Gasteiger partial charge in [-0.3, -0.25) is 14.5 Å². The zero-order valence-corrected chi connectivity index (χ0v) is 14.5. The molecule has 3 heterocycles. The van der Waals surface area contributed by atoms with Crippen molar-refractivity contribution in [1.82, 2.24) is 9.80 Å². The molecule has 0 bridgehead atoms. The molecule has 3 amide bonds. The standard InChI is InChI=1S/C12H13N3O7.Na.H/c1-4(16)14-2-5-7-9(14)10(17)15(7)8(11(18)19)6(22-5)3-21-12(13)20;;/h5,7,9H,2-3H2,1H3,(H2,13,20)(H,18,19);;/q;+1;-1/t5-,7-,9+;;/m1../s1. The third kappa shape index (κ3) is 2.56. The molecule has 3 atom stereocenters. The molecule has 3 aliphatic rings. The number of carbonyl (C=O) groups excluding carboxylic acids is 3. The van der Waals surface area contributed by atoms with E-state index in [1.165, 1.54) is 11.8 Å². The van der Waals surface area contributed by atoms with Crippen LogP contribution in [0.4, 0.5) is 4.79 Å². The van der Waals surface area contributed by atoms with E-state index in [0.29, 0.717) is 0 Å². The third-order valence-corrected chi connectivity index (χ3v) is 3.96. The minimum atomic E-state index is -1.38. The molecule has 120 valence electrons. The number of carboxylic acid groups (broad SMARTS) is 1. The fraction of sp³-hybridized carbons (Fsp3) is 0.500. The first-order valence-electron chi connectivity index (χ1n) is 6.48. The van der Waals surface area contributed by atoms with Crippen LogP contribution in [0.1, 0.15) is 8.35 Å². The summed E-state index contributed by atoms with van der Waals surface area (Å²) in [4.78, 5) is 48.3. The van der Waals surface area contributed by atoms with E-state index in [0.717, 1.165) is 4.90 Å². The molecule has 10 nitrogen and oxygen atoms in total. The minimum absolute atomic E-state index is 0. The smallest absolute Gasteiger partial charge is 1.00 e. The van der Waals surface area contributed by atoms with Crippen LogP contribution >= 0.6 is 0 Å². The molecule has 2 saturated heterocycles. The van der Waals surface area contributed by atoms with E-state index in [2.05, 4.69) is 4.74 Å². The number of primary amides is 1. The number of nitrogens with zero attached hydrogens (tertiary/aromatic N) is 2. The van der Waals surface area contributed by atoms with Crippen molar-refractivity contribution in [3.63, 3.8) is 0 Å². The summed E-state index contributed by atoms with van der Waals surface area (Å²) in [5.41, 5.74) is 4.47. The van der Waals surface area contributed by atoms with Gasteiger partial charge in [0.2, 0.25) is 5.91 Å².